The predicted octanol–water partition coefficient (Wildman–Crippen LogP) is 2.17. The van der Waals surface area contributed by atoms with Gasteiger partial charge in [-0.05, 0) is 32.0 Å². The third-order valence-electron chi connectivity index (χ3n) is 3.26. The lowest BCUT2D eigenvalue weighted by Crippen LogP contribution is -2.35. The molecule has 0 unspecified atom stereocenters. The van der Waals surface area contributed by atoms with Crippen molar-refractivity contribution in [1.82, 2.24) is 3.97 Å². The van der Waals surface area contributed by atoms with Gasteiger partial charge in [-0.2, -0.15) is 0 Å². The van der Waals surface area contributed by atoms with Crippen LogP contribution >= 0.6 is 0 Å². The third kappa shape index (κ3) is 1.49. The summed E-state index contributed by atoms with van der Waals surface area (Å²) in [6.07, 6.45) is 1.51. The highest BCUT2D eigenvalue weighted by Crippen LogP contribution is 2.43. The van der Waals surface area contributed by atoms with Crippen LogP contribution in [0.4, 0.5) is 17.2 Å². The Labute approximate surface area is 112 Å². The molecular weight excluding hydrogens is 262 g/mol. The van der Waals surface area contributed by atoms with E-state index in [4.69, 9.17) is 5.73 Å². The maximum atomic E-state index is 12.6. The fourth-order valence-electron chi connectivity index (χ4n) is 2.48. The second-order valence-electron chi connectivity index (χ2n) is 4.83. The highest BCUT2D eigenvalue weighted by Gasteiger charge is 2.35. The average Bonchev–Trinajstić information content (AvgIpc) is 2.73. The molecule has 0 fully saturated rings. The Balaban J connectivity index is 2.42. The van der Waals surface area contributed by atoms with Crippen molar-refractivity contribution in [2.45, 2.75) is 24.8 Å². The highest BCUT2D eigenvalue weighted by molar-refractivity contribution is 7.90. The van der Waals surface area contributed by atoms with E-state index in [0.29, 0.717) is 22.1 Å². The maximum absolute atomic E-state index is 12.6. The number of anilines is 3. The molecule has 1 aromatic heterocycles. The van der Waals surface area contributed by atoms with Gasteiger partial charge in [-0.15, -0.1) is 0 Å². The van der Waals surface area contributed by atoms with E-state index in [2.05, 4.69) is 0 Å². The smallest absolute Gasteiger partial charge is 0.271 e. The van der Waals surface area contributed by atoms with E-state index in [-0.39, 0.29) is 6.04 Å². The lowest BCUT2D eigenvalue weighted by Gasteiger charge is -2.35. The molecule has 3 rings (SSSR count). The van der Waals surface area contributed by atoms with Crippen LogP contribution in [-0.4, -0.2) is 18.4 Å². The molecule has 1 aliphatic heterocycles. The summed E-state index contributed by atoms with van der Waals surface area (Å²) in [5, 5.41) is 0. The Hall–Kier alpha value is -1.95. The van der Waals surface area contributed by atoms with E-state index in [0.717, 1.165) is 0 Å². The number of aromatic nitrogens is 1. The number of fused-ring (bicyclic) bond motifs is 2. The first-order valence-corrected chi connectivity index (χ1v) is 7.49. The molecule has 19 heavy (non-hydrogen) atoms. The first kappa shape index (κ1) is 12.1. The highest BCUT2D eigenvalue weighted by atomic mass is 32.2. The van der Waals surface area contributed by atoms with Gasteiger partial charge in [0, 0.05) is 12.2 Å². The monoisotopic (exact) mass is 277 g/mol. The Morgan fingerprint density at radius 3 is 2.53 bits per heavy atom. The molecule has 0 atom stereocenters. The molecular formula is C13H15N3O2S. The van der Waals surface area contributed by atoms with Crippen molar-refractivity contribution in [3.8, 4) is 0 Å². The summed E-state index contributed by atoms with van der Waals surface area (Å²) in [5.74, 6) is 0.522. The van der Waals surface area contributed by atoms with Crippen molar-refractivity contribution in [1.29, 1.82) is 0 Å². The lowest BCUT2D eigenvalue weighted by atomic mass is 10.2. The van der Waals surface area contributed by atoms with Crippen LogP contribution in [0.1, 0.15) is 13.8 Å². The van der Waals surface area contributed by atoms with Gasteiger partial charge in [0.25, 0.3) is 10.0 Å². The van der Waals surface area contributed by atoms with E-state index in [9.17, 15) is 8.42 Å². The van der Waals surface area contributed by atoms with Crippen LogP contribution in [0.25, 0.3) is 0 Å². The third-order valence-corrected chi connectivity index (χ3v) is 4.98. The second kappa shape index (κ2) is 3.77. The summed E-state index contributed by atoms with van der Waals surface area (Å²) in [4.78, 5) is 2.26. The summed E-state index contributed by atoms with van der Waals surface area (Å²) in [6, 6.07) is 8.72. The summed E-state index contributed by atoms with van der Waals surface area (Å²) in [6.45, 7) is 4.01. The topological polar surface area (TPSA) is 68.3 Å². The van der Waals surface area contributed by atoms with E-state index in [1.54, 1.807) is 18.2 Å². The van der Waals surface area contributed by atoms with E-state index in [1.807, 2.05) is 30.9 Å². The zero-order chi connectivity index (χ0) is 13.8. The molecule has 1 aliphatic rings. The average molecular weight is 277 g/mol. The van der Waals surface area contributed by atoms with Crippen LogP contribution < -0.4 is 10.6 Å². The van der Waals surface area contributed by atoms with E-state index in [1.165, 1.54) is 10.2 Å². The fraction of sp³-hybridized carbons (Fsp3) is 0.231. The summed E-state index contributed by atoms with van der Waals surface area (Å²) < 4.78 is 26.4. The van der Waals surface area contributed by atoms with Crippen LogP contribution in [-0.2, 0) is 10.0 Å². The van der Waals surface area contributed by atoms with Crippen molar-refractivity contribution in [3.05, 3.63) is 36.5 Å². The minimum atomic E-state index is -3.55. The Morgan fingerprint density at radius 2 is 1.84 bits per heavy atom. The molecule has 0 amide bonds. The van der Waals surface area contributed by atoms with Crippen molar-refractivity contribution < 1.29 is 8.42 Å². The van der Waals surface area contributed by atoms with Crippen molar-refractivity contribution >= 4 is 27.2 Å². The molecule has 2 heterocycles. The Bertz CT molecular complexity index is 747. The molecule has 0 bridgehead atoms. The van der Waals surface area contributed by atoms with Gasteiger partial charge in [0.05, 0.1) is 11.4 Å². The first-order valence-electron chi connectivity index (χ1n) is 6.05. The standard InChI is InChI=1S/C13H15N3O2S/c1-9(2)16-11-5-3-4-6-12(11)19(17,18)15-8-7-10(14)13(15)16/h3-9H,14H2,1-2H3. The number of nitrogens with two attached hydrogens (primary N) is 1. The minimum Gasteiger partial charge on any atom is -0.396 e. The molecule has 5 nitrogen and oxygen atoms in total. The van der Waals surface area contributed by atoms with Crippen LogP contribution in [0, 0.1) is 0 Å². The molecule has 2 aromatic rings. The van der Waals surface area contributed by atoms with Crippen molar-refractivity contribution in [2.24, 2.45) is 0 Å². The van der Waals surface area contributed by atoms with Crippen molar-refractivity contribution in [3.63, 3.8) is 0 Å². The van der Waals surface area contributed by atoms with Crippen LogP contribution in [0.15, 0.2) is 41.4 Å². The SMILES string of the molecule is CC(C)N1c2ccccc2S(=O)(=O)n2ccc(N)c21. The van der Waals surface area contributed by atoms with Gasteiger partial charge in [0.2, 0.25) is 0 Å². The molecule has 100 valence electrons. The van der Waals surface area contributed by atoms with Crippen LogP contribution in [0.3, 0.4) is 0 Å². The molecule has 0 aliphatic carbocycles. The summed E-state index contributed by atoms with van der Waals surface area (Å²) >= 11 is 0. The van der Waals surface area contributed by atoms with Gasteiger partial charge in [-0.3, -0.25) is 0 Å². The predicted molar refractivity (Wildman–Crippen MR) is 75.1 cm³/mol. The second-order valence-corrected chi connectivity index (χ2v) is 6.61. The zero-order valence-electron chi connectivity index (χ0n) is 10.7. The van der Waals surface area contributed by atoms with E-state index < -0.39 is 10.0 Å². The number of nitrogen functional groups attached to an aromatic ring is 1. The van der Waals surface area contributed by atoms with Gasteiger partial charge >= 0.3 is 0 Å². The quantitative estimate of drug-likeness (QED) is 0.867. The number of rotatable bonds is 1. The molecule has 2 N–H and O–H groups in total. The minimum absolute atomic E-state index is 0.104. The lowest BCUT2D eigenvalue weighted by molar-refractivity contribution is 0.582. The number of para-hydroxylation sites is 1. The maximum Gasteiger partial charge on any atom is 0.271 e. The van der Waals surface area contributed by atoms with Gasteiger partial charge in [0.1, 0.15) is 4.90 Å². The number of nitrogens with zero attached hydrogens (tertiary/aromatic N) is 2. The van der Waals surface area contributed by atoms with Crippen molar-refractivity contribution in [2.75, 3.05) is 10.6 Å². The molecule has 1 aromatic carbocycles. The van der Waals surface area contributed by atoms with Gasteiger partial charge in [-0.25, -0.2) is 12.4 Å². The zero-order valence-corrected chi connectivity index (χ0v) is 11.6. The number of benzene rings is 1. The van der Waals surface area contributed by atoms with E-state index >= 15 is 0 Å². The summed E-state index contributed by atoms with van der Waals surface area (Å²) in [5.41, 5.74) is 7.08. The fourth-order valence-corrected chi connectivity index (χ4v) is 4.01. The normalized spacial score (nSPS) is 16.3. The Morgan fingerprint density at radius 1 is 1.16 bits per heavy atom. The van der Waals surface area contributed by atoms with Crippen LogP contribution in [0.5, 0.6) is 0 Å². The molecule has 0 saturated heterocycles. The van der Waals surface area contributed by atoms with Gasteiger partial charge in [-0.1, -0.05) is 12.1 Å². The largest absolute Gasteiger partial charge is 0.396 e. The van der Waals surface area contributed by atoms with Gasteiger partial charge < -0.3 is 10.6 Å². The molecule has 0 spiro atoms. The van der Waals surface area contributed by atoms with Crippen LogP contribution in [0.2, 0.25) is 0 Å². The Kier molecular flexibility index (Phi) is 2.40. The molecule has 0 radical (unpaired) electrons. The summed E-state index contributed by atoms with van der Waals surface area (Å²) in [7, 11) is -3.55. The molecule has 0 saturated carbocycles. The number of hydrogen-bond donors (Lipinski definition) is 1. The first-order chi connectivity index (χ1) is 8.94. The van der Waals surface area contributed by atoms with Gasteiger partial charge in [0.15, 0.2) is 5.82 Å². The number of hydrogen-bond acceptors (Lipinski definition) is 4. The molecule has 6 heteroatoms.